The fraction of sp³-hybridized carbons (Fsp3) is 1.00. The number of rotatable bonds is 4. The quantitative estimate of drug-likeness (QED) is 0.811. The van der Waals surface area contributed by atoms with Gasteiger partial charge in [-0.1, -0.05) is 13.8 Å². The first-order valence-corrected chi connectivity index (χ1v) is 6.90. The summed E-state index contributed by atoms with van der Waals surface area (Å²) in [6.45, 7) is 4.99. The van der Waals surface area contributed by atoms with Crippen LogP contribution in [-0.2, 0) is 10.0 Å². The highest BCUT2D eigenvalue weighted by Gasteiger charge is 2.37. The summed E-state index contributed by atoms with van der Waals surface area (Å²) < 4.78 is 48.0. The molecule has 1 heterocycles. The standard InChI is InChI=1S/C9H18F2N2O2S/c1-3-12-8-4-5-13(6-7(8)2)16(14,15)9(10)11/h7-9,12H,3-6H2,1-2H3. The van der Waals surface area contributed by atoms with Crippen LogP contribution in [0.25, 0.3) is 0 Å². The Kier molecular flexibility index (Phi) is 4.63. The average Bonchev–Trinajstić information content (AvgIpc) is 2.21. The van der Waals surface area contributed by atoms with Crippen LogP contribution in [0.5, 0.6) is 0 Å². The molecule has 1 N–H and O–H groups in total. The van der Waals surface area contributed by atoms with Crippen molar-refractivity contribution in [2.24, 2.45) is 5.92 Å². The van der Waals surface area contributed by atoms with Crippen molar-refractivity contribution in [3.8, 4) is 0 Å². The normalized spacial score (nSPS) is 28.6. The predicted octanol–water partition coefficient (Wildman–Crippen LogP) is 0.859. The first-order valence-electron chi connectivity index (χ1n) is 5.40. The Balaban J connectivity index is 2.65. The highest BCUT2D eigenvalue weighted by atomic mass is 32.2. The summed E-state index contributed by atoms with van der Waals surface area (Å²) in [5.41, 5.74) is 0. The molecule has 0 bridgehead atoms. The number of nitrogens with zero attached hydrogens (tertiary/aromatic N) is 1. The van der Waals surface area contributed by atoms with Gasteiger partial charge in [-0.05, 0) is 18.9 Å². The SMILES string of the molecule is CCNC1CCN(S(=O)(=O)C(F)F)CC1C. The molecule has 1 aliphatic heterocycles. The number of piperidine rings is 1. The van der Waals surface area contributed by atoms with Gasteiger partial charge in [0.25, 0.3) is 10.0 Å². The Morgan fingerprint density at radius 1 is 1.50 bits per heavy atom. The van der Waals surface area contributed by atoms with E-state index < -0.39 is 15.8 Å². The molecule has 4 nitrogen and oxygen atoms in total. The molecule has 1 rings (SSSR count). The summed E-state index contributed by atoms with van der Waals surface area (Å²) in [6.07, 6.45) is 0.584. The van der Waals surface area contributed by atoms with Crippen LogP contribution in [0.15, 0.2) is 0 Å². The van der Waals surface area contributed by atoms with Crippen LogP contribution in [-0.4, -0.2) is 44.2 Å². The van der Waals surface area contributed by atoms with Crippen LogP contribution >= 0.6 is 0 Å². The van der Waals surface area contributed by atoms with E-state index in [-0.39, 0.29) is 25.0 Å². The number of hydrogen-bond acceptors (Lipinski definition) is 3. The van der Waals surface area contributed by atoms with Gasteiger partial charge in [-0.3, -0.25) is 0 Å². The molecular formula is C9H18F2N2O2S. The van der Waals surface area contributed by atoms with Crippen LogP contribution in [0.1, 0.15) is 20.3 Å². The summed E-state index contributed by atoms with van der Waals surface area (Å²) in [5, 5.41) is 3.23. The minimum absolute atomic E-state index is 0.0576. The highest BCUT2D eigenvalue weighted by molar-refractivity contribution is 7.89. The molecule has 0 spiro atoms. The van der Waals surface area contributed by atoms with Gasteiger partial charge in [-0.25, -0.2) is 8.42 Å². The van der Waals surface area contributed by atoms with Crippen LogP contribution in [0.3, 0.4) is 0 Å². The molecule has 1 fully saturated rings. The Hall–Kier alpha value is -0.270. The van der Waals surface area contributed by atoms with Gasteiger partial charge in [-0.2, -0.15) is 13.1 Å². The minimum atomic E-state index is -4.40. The summed E-state index contributed by atoms with van der Waals surface area (Å²) in [6, 6.07) is 0.217. The first kappa shape index (κ1) is 13.8. The second-order valence-corrected chi connectivity index (χ2v) is 6.00. The van der Waals surface area contributed by atoms with Crippen LogP contribution in [0, 0.1) is 5.92 Å². The van der Waals surface area contributed by atoms with Gasteiger partial charge in [0.1, 0.15) is 0 Å². The average molecular weight is 256 g/mol. The van der Waals surface area contributed by atoms with Crippen molar-refractivity contribution in [1.82, 2.24) is 9.62 Å². The van der Waals surface area contributed by atoms with Gasteiger partial charge in [-0.15, -0.1) is 0 Å². The lowest BCUT2D eigenvalue weighted by Crippen LogP contribution is -2.51. The summed E-state index contributed by atoms with van der Waals surface area (Å²) >= 11 is 0. The molecule has 1 aliphatic rings. The largest absolute Gasteiger partial charge is 0.350 e. The van der Waals surface area contributed by atoms with Gasteiger partial charge < -0.3 is 5.32 Å². The van der Waals surface area contributed by atoms with E-state index in [4.69, 9.17) is 0 Å². The topological polar surface area (TPSA) is 49.4 Å². The molecule has 0 radical (unpaired) electrons. The van der Waals surface area contributed by atoms with Crippen molar-refractivity contribution in [2.45, 2.75) is 32.1 Å². The molecule has 2 unspecified atom stereocenters. The van der Waals surface area contributed by atoms with E-state index in [0.717, 1.165) is 10.8 Å². The van der Waals surface area contributed by atoms with Gasteiger partial charge in [0.05, 0.1) is 0 Å². The Labute approximate surface area is 95.1 Å². The van der Waals surface area contributed by atoms with E-state index in [1.54, 1.807) is 0 Å². The molecular weight excluding hydrogens is 238 g/mol. The minimum Gasteiger partial charge on any atom is -0.314 e. The number of sulfonamides is 1. The first-order chi connectivity index (χ1) is 7.39. The van der Waals surface area contributed by atoms with E-state index in [1.807, 2.05) is 13.8 Å². The van der Waals surface area contributed by atoms with Crippen molar-refractivity contribution in [3.63, 3.8) is 0 Å². The molecule has 0 saturated carbocycles. The molecule has 0 aliphatic carbocycles. The van der Waals surface area contributed by atoms with Crippen molar-refractivity contribution >= 4 is 10.0 Å². The molecule has 16 heavy (non-hydrogen) atoms. The summed E-state index contributed by atoms with van der Waals surface area (Å²) in [4.78, 5) is 0. The fourth-order valence-corrected chi connectivity index (χ4v) is 3.04. The lowest BCUT2D eigenvalue weighted by Gasteiger charge is -2.36. The molecule has 0 aromatic rings. The van der Waals surface area contributed by atoms with Crippen molar-refractivity contribution < 1.29 is 17.2 Å². The number of halogens is 2. The van der Waals surface area contributed by atoms with Crippen molar-refractivity contribution in [1.29, 1.82) is 0 Å². The molecule has 7 heteroatoms. The molecule has 0 aromatic carbocycles. The predicted molar refractivity (Wildman–Crippen MR) is 57.7 cm³/mol. The van der Waals surface area contributed by atoms with Crippen molar-refractivity contribution in [2.75, 3.05) is 19.6 Å². The fourth-order valence-electron chi connectivity index (χ4n) is 2.02. The van der Waals surface area contributed by atoms with Crippen LogP contribution < -0.4 is 5.32 Å². The summed E-state index contributed by atoms with van der Waals surface area (Å²) in [7, 11) is -4.40. The van der Waals surface area contributed by atoms with Gasteiger partial charge in [0.15, 0.2) is 0 Å². The Bertz CT molecular complexity index is 321. The number of nitrogens with one attached hydrogen (secondary N) is 1. The zero-order valence-corrected chi connectivity index (χ0v) is 10.3. The second kappa shape index (κ2) is 5.37. The third-order valence-corrected chi connectivity index (χ3v) is 4.42. The maximum atomic E-state index is 12.3. The summed E-state index contributed by atoms with van der Waals surface area (Å²) in [5.74, 6) is -3.25. The third kappa shape index (κ3) is 2.89. The number of alkyl halides is 2. The van der Waals surface area contributed by atoms with E-state index >= 15 is 0 Å². The monoisotopic (exact) mass is 256 g/mol. The number of hydrogen-bond donors (Lipinski definition) is 1. The molecule has 96 valence electrons. The Morgan fingerprint density at radius 2 is 2.12 bits per heavy atom. The van der Waals surface area contributed by atoms with E-state index in [0.29, 0.717) is 6.42 Å². The second-order valence-electron chi connectivity index (χ2n) is 4.09. The molecule has 1 saturated heterocycles. The maximum absolute atomic E-state index is 12.3. The zero-order chi connectivity index (χ0) is 12.3. The lowest BCUT2D eigenvalue weighted by atomic mass is 9.95. The Morgan fingerprint density at radius 3 is 2.56 bits per heavy atom. The third-order valence-electron chi connectivity index (χ3n) is 2.92. The van der Waals surface area contributed by atoms with Crippen LogP contribution in [0.2, 0.25) is 0 Å². The van der Waals surface area contributed by atoms with Crippen molar-refractivity contribution in [3.05, 3.63) is 0 Å². The van der Waals surface area contributed by atoms with E-state index in [9.17, 15) is 17.2 Å². The molecule has 0 aromatic heterocycles. The van der Waals surface area contributed by atoms with E-state index in [2.05, 4.69) is 5.32 Å². The van der Waals surface area contributed by atoms with Gasteiger partial charge in [0, 0.05) is 19.1 Å². The molecule has 2 atom stereocenters. The van der Waals surface area contributed by atoms with E-state index in [1.165, 1.54) is 0 Å². The molecule has 0 amide bonds. The van der Waals surface area contributed by atoms with Gasteiger partial charge >= 0.3 is 5.76 Å². The van der Waals surface area contributed by atoms with Gasteiger partial charge in [0.2, 0.25) is 0 Å². The highest BCUT2D eigenvalue weighted by Crippen LogP contribution is 2.22. The maximum Gasteiger partial charge on any atom is 0.350 e. The zero-order valence-electron chi connectivity index (χ0n) is 9.49. The lowest BCUT2D eigenvalue weighted by molar-refractivity contribution is 0.186. The smallest absolute Gasteiger partial charge is 0.314 e. The van der Waals surface area contributed by atoms with Crippen LogP contribution in [0.4, 0.5) is 8.78 Å².